The molecule has 0 aliphatic heterocycles. The van der Waals surface area contributed by atoms with Crippen LogP contribution in [-0.2, 0) is 10.0 Å². The van der Waals surface area contributed by atoms with Crippen molar-refractivity contribution in [3.05, 3.63) is 23.8 Å². The van der Waals surface area contributed by atoms with E-state index in [4.69, 9.17) is 15.6 Å². The van der Waals surface area contributed by atoms with Gasteiger partial charge in [-0.15, -0.1) is 0 Å². The third kappa shape index (κ3) is 3.93. The van der Waals surface area contributed by atoms with E-state index in [0.717, 1.165) is 12.8 Å². The van der Waals surface area contributed by atoms with Crippen LogP contribution >= 0.6 is 0 Å². The summed E-state index contributed by atoms with van der Waals surface area (Å²) in [5.74, 6) is 0.302. The predicted molar refractivity (Wildman–Crippen MR) is 77.4 cm³/mol. The number of nitrogens with one attached hydrogen (secondary N) is 1. The molecule has 1 aliphatic carbocycles. The molecule has 1 atom stereocenters. The number of ether oxygens (including phenoxy) is 1. The molecule has 1 aromatic rings. The first-order chi connectivity index (χ1) is 9.82. The fraction of sp³-hybridized carbons (Fsp3) is 0.462. The first-order valence-electron chi connectivity index (χ1n) is 6.57. The van der Waals surface area contributed by atoms with Gasteiger partial charge in [0.05, 0.1) is 17.6 Å². The van der Waals surface area contributed by atoms with Crippen LogP contribution in [0.4, 0.5) is 0 Å². The van der Waals surface area contributed by atoms with Gasteiger partial charge in [0.1, 0.15) is 5.75 Å². The van der Waals surface area contributed by atoms with E-state index in [0.29, 0.717) is 12.5 Å². The van der Waals surface area contributed by atoms with Crippen molar-refractivity contribution < 1.29 is 17.9 Å². The van der Waals surface area contributed by atoms with Crippen LogP contribution in [0.5, 0.6) is 5.75 Å². The Labute approximate surface area is 123 Å². The molecule has 0 radical (unpaired) electrons. The van der Waals surface area contributed by atoms with E-state index in [1.165, 1.54) is 25.3 Å². The van der Waals surface area contributed by atoms with E-state index >= 15 is 0 Å². The van der Waals surface area contributed by atoms with Crippen LogP contribution in [-0.4, -0.2) is 34.0 Å². The molecule has 7 nitrogen and oxygen atoms in total. The maximum atomic E-state index is 12.2. The number of methoxy groups -OCH3 is 1. The standard InChI is InChI=1S/C13H19N3O4S/c1-20-12-5-4-9(21(15,18)19)6-10(12)13(17)16-7-11(14)8-2-3-8/h4-6,8,11H,2-3,7,14H2,1H3,(H,16,17)(H2,15,18,19). The Hall–Kier alpha value is -1.64. The Kier molecular flexibility index (Phi) is 4.50. The zero-order valence-corrected chi connectivity index (χ0v) is 12.5. The molecule has 0 spiro atoms. The summed E-state index contributed by atoms with van der Waals surface area (Å²) in [4.78, 5) is 12.0. The molecule has 21 heavy (non-hydrogen) atoms. The topological polar surface area (TPSA) is 125 Å². The Morgan fingerprint density at radius 1 is 1.48 bits per heavy atom. The average Bonchev–Trinajstić information content (AvgIpc) is 3.27. The molecule has 5 N–H and O–H groups in total. The van der Waals surface area contributed by atoms with Gasteiger partial charge in [-0.05, 0) is 37.0 Å². The molecule has 1 saturated carbocycles. The van der Waals surface area contributed by atoms with Crippen LogP contribution in [0.1, 0.15) is 23.2 Å². The number of benzene rings is 1. The van der Waals surface area contributed by atoms with Crippen LogP contribution in [0.25, 0.3) is 0 Å². The molecular weight excluding hydrogens is 294 g/mol. The third-order valence-corrected chi connectivity index (χ3v) is 4.38. The summed E-state index contributed by atoms with van der Waals surface area (Å²) >= 11 is 0. The van der Waals surface area contributed by atoms with Crippen molar-refractivity contribution in [3.63, 3.8) is 0 Å². The molecule has 1 amide bonds. The summed E-state index contributed by atoms with van der Waals surface area (Å²) in [5.41, 5.74) is 6.03. The largest absolute Gasteiger partial charge is 0.496 e. The van der Waals surface area contributed by atoms with Gasteiger partial charge in [0.2, 0.25) is 10.0 Å². The van der Waals surface area contributed by atoms with Gasteiger partial charge in [0.25, 0.3) is 5.91 Å². The van der Waals surface area contributed by atoms with E-state index in [-0.39, 0.29) is 22.3 Å². The minimum absolute atomic E-state index is 0.0821. The first kappa shape index (κ1) is 15.7. The molecule has 116 valence electrons. The zero-order chi connectivity index (χ0) is 15.6. The molecule has 0 aromatic heterocycles. The molecule has 0 heterocycles. The lowest BCUT2D eigenvalue weighted by Gasteiger charge is -2.13. The van der Waals surface area contributed by atoms with Crippen molar-refractivity contribution in [1.82, 2.24) is 5.32 Å². The number of rotatable bonds is 6. The smallest absolute Gasteiger partial charge is 0.255 e. The Balaban J connectivity index is 2.17. The van der Waals surface area contributed by atoms with Crippen LogP contribution < -0.4 is 20.9 Å². The van der Waals surface area contributed by atoms with Gasteiger partial charge < -0.3 is 15.8 Å². The van der Waals surface area contributed by atoms with Gasteiger partial charge in [-0.1, -0.05) is 0 Å². The van der Waals surface area contributed by atoms with Gasteiger partial charge in [-0.25, -0.2) is 13.6 Å². The first-order valence-corrected chi connectivity index (χ1v) is 8.12. The van der Waals surface area contributed by atoms with Crippen molar-refractivity contribution in [2.24, 2.45) is 16.8 Å². The second-order valence-corrected chi connectivity index (χ2v) is 6.68. The Morgan fingerprint density at radius 3 is 2.67 bits per heavy atom. The lowest BCUT2D eigenvalue weighted by Crippen LogP contribution is -2.38. The highest BCUT2D eigenvalue weighted by Gasteiger charge is 2.28. The van der Waals surface area contributed by atoms with Gasteiger partial charge in [0.15, 0.2) is 0 Å². The van der Waals surface area contributed by atoms with Gasteiger partial charge in [-0.3, -0.25) is 4.79 Å². The maximum Gasteiger partial charge on any atom is 0.255 e. The molecule has 1 aliphatic rings. The number of sulfonamides is 1. The predicted octanol–water partition coefficient (Wildman–Crippen LogP) is -0.190. The van der Waals surface area contributed by atoms with Crippen molar-refractivity contribution >= 4 is 15.9 Å². The SMILES string of the molecule is COc1ccc(S(N)(=O)=O)cc1C(=O)NCC(N)C1CC1. The molecule has 8 heteroatoms. The number of amides is 1. The van der Waals surface area contributed by atoms with Crippen LogP contribution in [0.15, 0.2) is 23.1 Å². The van der Waals surface area contributed by atoms with E-state index in [1.807, 2.05) is 0 Å². The summed E-state index contributed by atoms with van der Waals surface area (Å²) in [5, 5.41) is 7.76. The molecule has 1 aromatic carbocycles. The molecular formula is C13H19N3O4S. The number of hydrogen-bond acceptors (Lipinski definition) is 5. The van der Waals surface area contributed by atoms with Gasteiger partial charge in [-0.2, -0.15) is 0 Å². The molecule has 1 fully saturated rings. The monoisotopic (exact) mass is 313 g/mol. The molecule has 2 rings (SSSR count). The van der Waals surface area contributed by atoms with Crippen molar-refractivity contribution in [1.29, 1.82) is 0 Å². The van der Waals surface area contributed by atoms with Crippen LogP contribution in [0.2, 0.25) is 0 Å². The van der Waals surface area contributed by atoms with Crippen molar-refractivity contribution in [2.45, 2.75) is 23.8 Å². The second-order valence-electron chi connectivity index (χ2n) is 5.12. The minimum Gasteiger partial charge on any atom is -0.496 e. The lowest BCUT2D eigenvalue weighted by molar-refractivity contribution is 0.0947. The normalized spacial score (nSPS) is 16.3. The molecule has 1 unspecified atom stereocenters. The third-order valence-electron chi connectivity index (χ3n) is 3.47. The highest BCUT2D eigenvalue weighted by atomic mass is 32.2. The Bertz CT molecular complexity index is 641. The van der Waals surface area contributed by atoms with E-state index in [1.54, 1.807) is 0 Å². The van der Waals surface area contributed by atoms with Gasteiger partial charge >= 0.3 is 0 Å². The minimum atomic E-state index is -3.88. The fourth-order valence-electron chi connectivity index (χ4n) is 2.04. The summed E-state index contributed by atoms with van der Waals surface area (Å²) in [6, 6.07) is 3.81. The number of primary sulfonamides is 1. The highest BCUT2D eigenvalue weighted by molar-refractivity contribution is 7.89. The fourth-order valence-corrected chi connectivity index (χ4v) is 2.58. The van der Waals surface area contributed by atoms with Crippen LogP contribution in [0, 0.1) is 5.92 Å². The number of nitrogens with two attached hydrogens (primary N) is 2. The van der Waals surface area contributed by atoms with Crippen LogP contribution in [0.3, 0.4) is 0 Å². The zero-order valence-electron chi connectivity index (χ0n) is 11.7. The number of hydrogen-bond donors (Lipinski definition) is 3. The quantitative estimate of drug-likeness (QED) is 0.671. The Morgan fingerprint density at radius 2 is 2.14 bits per heavy atom. The summed E-state index contributed by atoms with van der Waals surface area (Å²) < 4.78 is 27.8. The van der Waals surface area contributed by atoms with E-state index in [2.05, 4.69) is 5.32 Å². The molecule has 0 saturated heterocycles. The summed E-state index contributed by atoms with van der Waals surface area (Å²) in [6.45, 7) is 0.340. The average molecular weight is 313 g/mol. The van der Waals surface area contributed by atoms with Crippen molar-refractivity contribution in [3.8, 4) is 5.75 Å². The number of carbonyl (C=O) groups is 1. The van der Waals surface area contributed by atoms with E-state index < -0.39 is 15.9 Å². The maximum absolute atomic E-state index is 12.2. The van der Waals surface area contributed by atoms with Crippen molar-refractivity contribution in [2.75, 3.05) is 13.7 Å². The number of carbonyl (C=O) groups excluding carboxylic acids is 1. The van der Waals surface area contributed by atoms with Gasteiger partial charge in [0, 0.05) is 12.6 Å². The summed E-state index contributed by atoms with van der Waals surface area (Å²) in [7, 11) is -2.48. The molecule has 0 bridgehead atoms. The summed E-state index contributed by atoms with van der Waals surface area (Å²) in [6.07, 6.45) is 2.17. The van der Waals surface area contributed by atoms with E-state index in [9.17, 15) is 13.2 Å². The lowest BCUT2D eigenvalue weighted by atomic mass is 10.1. The highest BCUT2D eigenvalue weighted by Crippen LogP contribution is 2.31. The second kappa shape index (κ2) is 6.00.